The standard InChI is InChI=1S/C20H20N2O7/c1-28-17(23)12-16(13-8-10-15(11-9-13)22(26)27)18(20(25)29-2)21-19(24)14-6-4-3-5-7-14/h3-11,16,18H,12H2,1-2H3,(H,21,24)/t16-,18+/m0/s1. The zero-order valence-corrected chi connectivity index (χ0v) is 15.9. The topological polar surface area (TPSA) is 125 Å². The minimum atomic E-state index is -1.21. The largest absolute Gasteiger partial charge is 0.469 e. The zero-order chi connectivity index (χ0) is 21.4. The number of hydrogen-bond acceptors (Lipinski definition) is 7. The lowest BCUT2D eigenvalue weighted by Crippen LogP contribution is -2.46. The fraction of sp³-hybridized carbons (Fsp3) is 0.250. The van der Waals surface area contributed by atoms with E-state index in [2.05, 4.69) is 5.32 Å². The quantitative estimate of drug-likeness (QED) is 0.409. The van der Waals surface area contributed by atoms with Crippen molar-refractivity contribution >= 4 is 23.5 Å². The smallest absolute Gasteiger partial charge is 0.329 e. The van der Waals surface area contributed by atoms with E-state index in [9.17, 15) is 24.5 Å². The minimum absolute atomic E-state index is 0.145. The van der Waals surface area contributed by atoms with E-state index in [0.717, 1.165) is 7.11 Å². The van der Waals surface area contributed by atoms with Crippen LogP contribution < -0.4 is 5.32 Å². The zero-order valence-electron chi connectivity index (χ0n) is 15.9. The van der Waals surface area contributed by atoms with Crippen LogP contribution in [-0.4, -0.2) is 43.0 Å². The van der Waals surface area contributed by atoms with Gasteiger partial charge in [-0.1, -0.05) is 30.3 Å². The fourth-order valence-electron chi connectivity index (χ4n) is 2.80. The van der Waals surface area contributed by atoms with Crippen LogP contribution in [0.2, 0.25) is 0 Å². The first-order valence-electron chi connectivity index (χ1n) is 8.62. The van der Waals surface area contributed by atoms with Gasteiger partial charge in [-0.05, 0) is 17.7 Å². The van der Waals surface area contributed by atoms with E-state index in [-0.39, 0.29) is 12.1 Å². The van der Waals surface area contributed by atoms with E-state index in [1.165, 1.54) is 31.4 Å². The van der Waals surface area contributed by atoms with Crippen LogP contribution in [0.15, 0.2) is 54.6 Å². The number of esters is 2. The molecule has 0 fully saturated rings. The maximum absolute atomic E-state index is 12.6. The molecule has 2 atom stereocenters. The third-order valence-corrected chi connectivity index (χ3v) is 4.33. The summed E-state index contributed by atoms with van der Waals surface area (Å²) in [5.74, 6) is -2.76. The lowest BCUT2D eigenvalue weighted by atomic mass is 9.88. The summed E-state index contributed by atoms with van der Waals surface area (Å²) < 4.78 is 9.52. The first kappa shape index (κ1) is 21.5. The lowest BCUT2D eigenvalue weighted by Gasteiger charge is -2.26. The van der Waals surface area contributed by atoms with Gasteiger partial charge in [0.15, 0.2) is 0 Å². The van der Waals surface area contributed by atoms with Gasteiger partial charge in [-0.15, -0.1) is 0 Å². The molecule has 29 heavy (non-hydrogen) atoms. The number of amides is 1. The Balaban J connectivity index is 2.40. The third kappa shape index (κ3) is 5.61. The summed E-state index contributed by atoms with van der Waals surface area (Å²) in [5, 5.41) is 13.5. The van der Waals surface area contributed by atoms with Crippen molar-refractivity contribution in [2.75, 3.05) is 14.2 Å². The van der Waals surface area contributed by atoms with Crippen LogP contribution in [0.3, 0.4) is 0 Å². The van der Waals surface area contributed by atoms with Gasteiger partial charge in [0, 0.05) is 23.6 Å². The van der Waals surface area contributed by atoms with Crippen LogP contribution in [0.4, 0.5) is 5.69 Å². The van der Waals surface area contributed by atoms with E-state index in [4.69, 9.17) is 9.47 Å². The molecule has 0 heterocycles. The van der Waals surface area contributed by atoms with Crippen molar-refractivity contribution < 1.29 is 28.8 Å². The van der Waals surface area contributed by atoms with Crippen LogP contribution in [-0.2, 0) is 19.1 Å². The van der Waals surface area contributed by atoms with E-state index < -0.39 is 34.7 Å². The van der Waals surface area contributed by atoms with Crippen LogP contribution in [0.1, 0.15) is 28.3 Å². The second kappa shape index (κ2) is 9.98. The summed E-state index contributed by atoms with van der Waals surface area (Å²) in [6.07, 6.45) is -0.247. The van der Waals surface area contributed by atoms with Gasteiger partial charge in [0.05, 0.1) is 25.6 Å². The molecule has 0 radical (unpaired) electrons. The molecule has 0 aromatic heterocycles. The number of ether oxygens (including phenoxy) is 2. The van der Waals surface area contributed by atoms with Gasteiger partial charge in [0.25, 0.3) is 11.6 Å². The summed E-state index contributed by atoms with van der Waals surface area (Å²) >= 11 is 0. The Morgan fingerprint density at radius 3 is 2.14 bits per heavy atom. The maximum atomic E-state index is 12.6. The predicted octanol–water partition coefficient (Wildman–Crippen LogP) is 2.21. The normalized spacial score (nSPS) is 12.3. The SMILES string of the molecule is COC(=O)C[C@@H](c1ccc([N+](=O)[O-])cc1)[C@@H](NC(=O)c1ccccc1)C(=O)OC. The average Bonchev–Trinajstić information content (AvgIpc) is 2.75. The molecule has 1 N–H and O–H groups in total. The highest BCUT2D eigenvalue weighted by Crippen LogP contribution is 2.27. The van der Waals surface area contributed by atoms with Crippen molar-refractivity contribution in [2.24, 2.45) is 0 Å². The number of carbonyl (C=O) groups excluding carboxylic acids is 3. The highest BCUT2D eigenvalue weighted by atomic mass is 16.6. The Bertz CT molecular complexity index is 881. The van der Waals surface area contributed by atoms with Gasteiger partial charge in [0.1, 0.15) is 6.04 Å². The van der Waals surface area contributed by atoms with Gasteiger partial charge < -0.3 is 14.8 Å². The minimum Gasteiger partial charge on any atom is -0.469 e. The van der Waals surface area contributed by atoms with Crippen molar-refractivity contribution in [3.63, 3.8) is 0 Å². The van der Waals surface area contributed by atoms with Gasteiger partial charge in [-0.2, -0.15) is 0 Å². The van der Waals surface area contributed by atoms with Gasteiger partial charge in [-0.3, -0.25) is 19.7 Å². The van der Waals surface area contributed by atoms with E-state index in [1.54, 1.807) is 30.3 Å². The summed E-state index contributed by atoms with van der Waals surface area (Å²) in [6.45, 7) is 0. The third-order valence-electron chi connectivity index (χ3n) is 4.33. The molecule has 0 bridgehead atoms. The van der Waals surface area contributed by atoms with Crippen molar-refractivity contribution in [2.45, 2.75) is 18.4 Å². The molecule has 2 aromatic carbocycles. The van der Waals surface area contributed by atoms with E-state index in [1.807, 2.05) is 0 Å². The van der Waals surface area contributed by atoms with Crippen LogP contribution >= 0.6 is 0 Å². The Morgan fingerprint density at radius 1 is 1.00 bits per heavy atom. The Labute approximate surface area is 166 Å². The highest BCUT2D eigenvalue weighted by Gasteiger charge is 2.34. The molecule has 0 unspecified atom stereocenters. The maximum Gasteiger partial charge on any atom is 0.329 e. The molecule has 0 aliphatic carbocycles. The van der Waals surface area contributed by atoms with Crippen molar-refractivity contribution in [3.05, 3.63) is 75.8 Å². The number of nitrogens with one attached hydrogen (secondary N) is 1. The molecule has 0 spiro atoms. The number of rotatable bonds is 8. The molecule has 1 amide bonds. The van der Waals surface area contributed by atoms with Gasteiger partial charge >= 0.3 is 11.9 Å². The highest BCUT2D eigenvalue weighted by molar-refractivity contribution is 5.97. The molecule has 2 aromatic rings. The lowest BCUT2D eigenvalue weighted by molar-refractivity contribution is -0.384. The van der Waals surface area contributed by atoms with Crippen LogP contribution in [0.25, 0.3) is 0 Å². The number of nitrogens with zero attached hydrogens (tertiary/aromatic N) is 1. The van der Waals surface area contributed by atoms with Gasteiger partial charge in [-0.25, -0.2) is 4.79 Å². The molecule has 152 valence electrons. The molecule has 9 nitrogen and oxygen atoms in total. The van der Waals surface area contributed by atoms with Crippen LogP contribution in [0.5, 0.6) is 0 Å². The monoisotopic (exact) mass is 400 g/mol. The molecular weight excluding hydrogens is 380 g/mol. The van der Waals surface area contributed by atoms with Crippen LogP contribution in [0, 0.1) is 10.1 Å². The summed E-state index contributed by atoms with van der Waals surface area (Å²) in [4.78, 5) is 47.3. The number of nitro benzene ring substituents is 1. The first-order valence-corrected chi connectivity index (χ1v) is 8.62. The van der Waals surface area contributed by atoms with Crippen molar-refractivity contribution in [1.29, 1.82) is 0 Å². The van der Waals surface area contributed by atoms with E-state index >= 15 is 0 Å². The Morgan fingerprint density at radius 2 is 1.62 bits per heavy atom. The molecular formula is C20H20N2O7. The molecule has 9 heteroatoms. The summed E-state index contributed by atoms with van der Waals surface area (Å²) in [6, 6.07) is 12.4. The number of non-ortho nitro benzene ring substituents is 1. The number of methoxy groups -OCH3 is 2. The first-order chi connectivity index (χ1) is 13.9. The Kier molecular flexibility index (Phi) is 7.41. The number of carbonyl (C=O) groups is 3. The van der Waals surface area contributed by atoms with E-state index in [0.29, 0.717) is 11.1 Å². The number of benzene rings is 2. The molecule has 0 aliphatic rings. The molecule has 0 saturated heterocycles. The fourth-order valence-corrected chi connectivity index (χ4v) is 2.80. The average molecular weight is 400 g/mol. The second-order valence-electron chi connectivity index (χ2n) is 6.08. The predicted molar refractivity (Wildman–Crippen MR) is 102 cm³/mol. The Hall–Kier alpha value is -3.75. The summed E-state index contributed by atoms with van der Waals surface area (Å²) in [5.41, 5.74) is 0.611. The molecule has 2 rings (SSSR count). The van der Waals surface area contributed by atoms with Gasteiger partial charge in [0.2, 0.25) is 0 Å². The number of hydrogen-bond donors (Lipinski definition) is 1. The number of nitro groups is 1. The van der Waals surface area contributed by atoms with Crippen molar-refractivity contribution in [3.8, 4) is 0 Å². The molecule has 0 aliphatic heterocycles. The second-order valence-corrected chi connectivity index (χ2v) is 6.08. The molecule has 0 saturated carbocycles. The van der Waals surface area contributed by atoms with Crippen molar-refractivity contribution in [1.82, 2.24) is 5.32 Å². The summed E-state index contributed by atoms with van der Waals surface area (Å²) in [7, 11) is 2.36.